The molecule has 2 saturated carbocycles. The Bertz CT molecular complexity index is 1160. The van der Waals surface area contributed by atoms with E-state index in [4.69, 9.17) is 14.2 Å². The van der Waals surface area contributed by atoms with Gasteiger partial charge in [0.1, 0.15) is 12.2 Å². The van der Waals surface area contributed by atoms with Crippen molar-refractivity contribution in [3.05, 3.63) is 34.9 Å². The lowest BCUT2D eigenvalue weighted by Crippen LogP contribution is -2.56. The molecule has 5 rings (SSSR count). The van der Waals surface area contributed by atoms with Crippen molar-refractivity contribution in [2.75, 3.05) is 0 Å². The lowest BCUT2D eigenvalue weighted by molar-refractivity contribution is -0.166. The summed E-state index contributed by atoms with van der Waals surface area (Å²) in [7, 11) is 0. The number of esters is 2. The summed E-state index contributed by atoms with van der Waals surface area (Å²) in [6.45, 7) is 18.9. The minimum absolute atomic E-state index is 0.0437. The van der Waals surface area contributed by atoms with Crippen molar-refractivity contribution in [1.29, 1.82) is 0 Å². The number of carbonyl (C=O) groups excluding carboxylic acids is 2. The average Bonchev–Trinajstić information content (AvgIpc) is 3.09. The molecule has 0 saturated heterocycles. The lowest BCUT2D eigenvalue weighted by atomic mass is 9.44. The van der Waals surface area contributed by atoms with Gasteiger partial charge in [0.2, 0.25) is 0 Å². The largest absolute Gasteiger partial charge is 0.462 e. The first-order valence-electron chi connectivity index (χ1n) is 15.3. The molecule has 1 N–H and O–H groups in total. The fraction of sp³-hybridized carbons (Fsp3) is 0.765. The van der Waals surface area contributed by atoms with Gasteiger partial charge < -0.3 is 19.3 Å². The van der Waals surface area contributed by atoms with E-state index in [2.05, 4.69) is 59.8 Å². The van der Waals surface area contributed by atoms with Crippen LogP contribution in [-0.2, 0) is 23.8 Å². The Balaban J connectivity index is 1.55. The first-order valence-corrected chi connectivity index (χ1v) is 15.3. The van der Waals surface area contributed by atoms with Gasteiger partial charge in [-0.2, -0.15) is 0 Å². The molecule has 0 bridgehead atoms. The van der Waals surface area contributed by atoms with E-state index in [-0.39, 0.29) is 63.7 Å². The number of hydrogen-bond donors (Lipinski definition) is 1. The summed E-state index contributed by atoms with van der Waals surface area (Å²) < 4.78 is 18.2. The standard InChI is InChI=1S/C34H50O6/c1-19-10-12-26(40-30(19)37)20(2)25-18-29(39-22(4)36)34(9)24-11-13-27-31(5,6)28(38-21(3)35)15-16-32(27,7)23(24)14-17-33(25,34)8/h10-11,14,20,25-30,37H,12-13,15-18H2,1-9H3. The van der Waals surface area contributed by atoms with Crippen LogP contribution in [0.2, 0.25) is 0 Å². The monoisotopic (exact) mass is 554 g/mol. The van der Waals surface area contributed by atoms with Crippen LogP contribution in [0.5, 0.6) is 0 Å². The molecule has 0 radical (unpaired) electrons. The highest BCUT2D eigenvalue weighted by Crippen LogP contribution is 2.72. The van der Waals surface area contributed by atoms with Crippen molar-refractivity contribution in [1.82, 2.24) is 0 Å². The molecule has 10 unspecified atom stereocenters. The maximum atomic E-state index is 12.5. The highest BCUT2D eigenvalue weighted by molar-refractivity contribution is 5.67. The summed E-state index contributed by atoms with van der Waals surface area (Å²) >= 11 is 0. The molecule has 0 aromatic heterocycles. The minimum atomic E-state index is -0.854. The summed E-state index contributed by atoms with van der Waals surface area (Å²) in [5.41, 5.74) is 2.95. The van der Waals surface area contributed by atoms with Crippen molar-refractivity contribution in [2.24, 2.45) is 39.4 Å². The molecule has 10 atom stereocenters. The molecule has 5 aliphatic rings. The number of hydrogen-bond acceptors (Lipinski definition) is 6. The van der Waals surface area contributed by atoms with Crippen molar-refractivity contribution in [2.45, 2.75) is 125 Å². The van der Waals surface area contributed by atoms with Crippen LogP contribution in [0.3, 0.4) is 0 Å². The number of aliphatic hydroxyl groups excluding tert-OH is 1. The lowest BCUT2D eigenvalue weighted by Gasteiger charge is -2.61. The third kappa shape index (κ3) is 4.18. The van der Waals surface area contributed by atoms with Gasteiger partial charge in [-0.1, -0.05) is 59.8 Å². The van der Waals surface area contributed by atoms with Crippen molar-refractivity contribution >= 4 is 11.9 Å². The first-order chi connectivity index (χ1) is 18.6. The third-order valence-electron chi connectivity index (χ3n) is 12.5. The molecule has 1 aliphatic heterocycles. The smallest absolute Gasteiger partial charge is 0.302 e. The van der Waals surface area contributed by atoms with E-state index in [9.17, 15) is 14.7 Å². The van der Waals surface area contributed by atoms with Gasteiger partial charge in [0, 0.05) is 24.7 Å². The van der Waals surface area contributed by atoms with Gasteiger partial charge in [0.05, 0.1) is 6.10 Å². The summed E-state index contributed by atoms with van der Waals surface area (Å²) in [6, 6.07) is 0. The molecule has 0 aromatic carbocycles. The fourth-order valence-electron chi connectivity index (χ4n) is 9.94. The zero-order valence-corrected chi connectivity index (χ0v) is 26.0. The summed E-state index contributed by atoms with van der Waals surface area (Å²) in [4.78, 5) is 24.4. The first kappa shape index (κ1) is 29.6. The molecule has 1 heterocycles. The van der Waals surface area contributed by atoms with E-state index >= 15 is 0 Å². The van der Waals surface area contributed by atoms with E-state index in [1.54, 1.807) is 0 Å². The van der Waals surface area contributed by atoms with Crippen LogP contribution in [0.1, 0.15) is 101 Å². The minimum Gasteiger partial charge on any atom is -0.462 e. The van der Waals surface area contributed by atoms with Gasteiger partial charge in [-0.3, -0.25) is 9.59 Å². The number of carbonyl (C=O) groups is 2. The Kier molecular flexibility index (Phi) is 7.27. The molecule has 0 amide bonds. The Hall–Kier alpha value is -1.92. The van der Waals surface area contributed by atoms with Crippen LogP contribution in [0.25, 0.3) is 0 Å². The number of ether oxygens (including phenoxy) is 3. The predicted octanol–water partition coefficient (Wildman–Crippen LogP) is 6.67. The summed E-state index contributed by atoms with van der Waals surface area (Å²) in [5, 5.41) is 10.5. The van der Waals surface area contributed by atoms with Gasteiger partial charge in [0.25, 0.3) is 0 Å². The Morgan fingerprint density at radius 1 is 0.975 bits per heavy atom. The molecule has 4 aliphatic carbocycles. The molecule has 222 valence electrons. The van der Waals surface area contributed by atoms with Gasteiger partial charge >= 0.3 is 11.9 Å². The SMILES string of the molecule is CC(=O)OC1CCC2(C)C3=CCC4(C)C(C(C)C5CC=C(C)C(O)O5)CC(OC(C)=O)C4(C)C3=CCC2C1(C)C. The van der Waals surface area contributed by atoms with Crippen LogP contribution in [-0.4, -0.2) is 41.6 Å². The van der Waals surface area contributed by atoms with E-state index in [0.717, 1.165) is 44.1 Å². The zero-order chi connectivity index (χ0) is 29.4. The van der Waals surface area contributed by atoms with E-state index in [1.807, 2.05) is 6.92 Å². The number of rotatable bonds is 4. The topological polar surface area (TPSA) is 82.1 Å². The van der Waals surface area contributed by atoms with Crippen molar-refractivity contribution in [3.8, 4) is 0 Å². The van der Waals surface area contributed by atoms with Gasteiger partial charge in [-0.15, -0.1) is 0 Å². The Labute approximate surface area is 240 Å². The van der Waals surface area contributed by atoms with Crippen LogP contribution < -0.4 is 0 Å². The molecule has 6 heteroatoms. The average molecular weight is 555 g/mol. The Morgan fingerprint density at radius 3 is 2.25 bits per heavy atom. The molecule has 2 fully saturated rings. The molecular weight excluding hydrogens is 504 g/mol. The van der Waals surface area contributed by atoms with E-state index < -0.39 is 6.29 Å². The Morgan fingerprint density at radius 2 is 1.62 bits per heavy atom. The second kappa shape index (κ2) is 9.83. The zero-order valence-electron chi connectivity index (χ0n) is 26.0. The van der Waals surface area contributed by atoms with Crippen LogP contribution in [0.15, 0.2) is 34.9 Å². The van der Waals surface area contributed by atoms with E-state index in [0.29, 0.717) is 5.92 Å². The van der Waals surface area contributed by atoms with Crippen LogP contribution >= 0.6 is 0 Å². The molecular formula is C34H50O6. The molecule has 6 nitrogen and oxygen atoms in total. The highest BCUT2D eigenvalue weighted by atomic mass is 16.6. The fourth-order valence-corrected chi connectivity index (χ4v) is 9.94. The summed E-state index contributed by atoms with van der Waals surface area (Å²) in [5.74, 6) is 0.348. The van der Waals surface area contributed by atoms with Crippen LogP contribution in [0, 0.1) is 39.4 Å². The number of fused-ring (bicyclic) bond motifs is 5. The number of allylic oxidation sites excluding steroid dienone is 3. The molecule has 0 spiro atoms. The van der Waals surface area contributed by atoms with Gasteiger partial charge in [-0.25, -0.2) is 0 Å². The van der Waals surface area contributed by atoms with Crippen molar-refractivity contribution < 1.29 is 28.9 Å². The quantitative estimate of drug-likeness (QED) is 0.309. The maximum Gasteiger partial charge on any atom is 0.302 e. The highest BCUT2D eigenvalue weighted by Gasteiger charge is 2.68. The normalized spacial score (nSPS) is 44.6. The second-order valence-corrected chi connectivity index (χ2v) is 14.7. The third-order valence-corrected chi connectivity index (χ3v) is 12.5. The number of aliphatic hydroxyl groups is 1. The molecule has 40 heavy (non-hydrogen) atoms. The van der Waals surface area contributed by atoms with Crippen molar-refractivity contribution in [3.63, 3.8) is 0 Å². The van der Waals surface area contributed by atoms with Gasteiger partial charge in [0.15, 0.2) is 6.29 Å². The maximum absolute atomic E-state index is 12.5. The second-order valence-electron chi connectivity index (χ2n) is 14.7. The predicted molar refractivity (Wildman–Crippen MR) is 154 cm³/mol. The summed E-state index contributed by atoms with van der Waals surface area (Å²) in [6.07, 6.45) is 11.0. The molecule has 0 aromatic rings. The van der Waals surface area contributed by atoms with Gasteiger partial charge in [-0.05, 0) is 90.8 Å². The van der Waals surface area contributed by atoms with Crippen LogP contribution in [0.4, 0.5) is 0 Å². The van der Waals surface area contributed by atoms with E-state index in [1.165, 1.54) is 25.0 Å².